The average molecular weight is 334 g/mol. The van der Waals surface area contributed by atoms with Gasteiger partial charge in [-0.05, 0) is 0 Å². The minimum absolute atomic E-state index is 1.47. The van der Waals surface area contributed by atoms with E-state index in [0.29, 0.717) is 0 Å². The predicted octanol–water partition coefficient (Wildman–Crippen LogP) is 2.56. The molecule has 0 N–H and O–H groups in total. The van der Waals surface area contributed by atoms with E-state index in [9.17, 15) is 0 Å². The summed E-state index contributed by atoms with van der Waals surface area (Å²) in [7, 11) is 0. The summed E-state index contributed by atoms with van der Waals surface area (Å²) in [5.41, 5.74) is 0. The van der Waals surface area contributed by atoms with Crippen LogP contribution in [0.5, 0.6) is 0 Å². The maximum atomic E-state index is 2.47. The Balaban J connectivity index is 2.35. The Morgan fingerprint density at radius 1 is 0.524 bits per heavy atom. The van der Waals surface area contributed by atoms with Gasteiger partial charge in [0, 0.05) is 0 Å². The zero-order chi connectivity index (χ0) is 14.5. The summed E-state index contributed by atoms with van der Waals surface area (Å²) in [6.45, 7) is 2.22. The summed E-state index contributed by atoms with van der Waals surface area (Å²) in [6, 6.07) is 32.9. The van der Waals surface area contributed by atoms with Crippen molar-refractivity contribution in [2.45, 2.75) is 6.92 Å². The van der Waals surface area contributed by atoms with Crippen molar-refractivity contribution in [3.63, 3.8) is 0 Å². The Labute approximate surface area is 129 Å². The summed E-state index contributed by atoms with van der Waals surface area (Å²) >= 11 is -2.45. The van der Waals surface area contributed by atoms with Crippen molar-refractivity contribution in [2.75, 3.05) is 0 Å². The first-order valence-electron chi connectivity index (χ1n) is 7.24. The van der Waals surface area contributed by atoms with Crippen molar-refractivity contribution in [1.82, 2.24) is 0 Å². The van der Waals surface area contributed by atoms with Gasteiger partial charge in [0.05, 0.1) is 0 Å². The van der Waals surface area contributed by atoms with E-state index < -0.39 is 13.1 Å². The van der Waals surface area contributed by atoms with Crippen molar-refractivity contribution < 1.29 is 0 Å². The Morgan fingerprint density at radius 3 is 1.05 bits per heavy atom. The Bertz CT molecular complexity index is 640. The van der Waals surface area contributed by atoms with Crippen LogP contribution in [0.4, 0.5) is 0 Å². The van der Waals surface area contributed by atoms with Gasteiger partial charge in [0.2, 0.25) is 0 Å². The third-order valence-electron chi connectivity index (χ3n) is 3.88. The molecule has 3 rings (SSSR count). The van der Waals surface area contributed by atoms with Crippen molar-refractivity contribution in [3.05, 3.63) is 91.0 Å². The number of hydrogen-bond acceptors (Lipinski definition) is 0. The molecule has 0 aliphatic heterocycles. The average Bonchev–Trinajstić information content (AvgIpc) is 2.59. The predicted molar refractivity (Wildman–Crippen MR) is 95.7 cm³/mol. The third-order valence-corrected chi connectivity index (χ3v) is 12.5. The van der Waals surface area contributed by atoms with Gasteiger partial charge in [-0.2, -0.15) is 0 Å². The second kappa shape index (κ2) is 6.24. The fourth-order valence-electron chi connectivity index (χ4n) is 2.88. The van der Waals surface area contributed by atoms with Crippen LogP contribution in [-0.4, -0.2) is 17.9 Å². The standard InChI is InChI=1S/C20H19As/c1-2-21(18-12-6-3-7-13-18,19-14-8-4-9-15-19)20-16-10-5-11-17-20/h2-17H,1H3. The van der Waals surface area contributed by atoms with Gasteiger partial charge >= 0.3 is 129 Å². The van der Waals surface area contributed by atoms with Crippen LogP contribution in [0.3, 0.4) is 0 Å². The van der Waals surface area contributed by atoms with Gasteiger partial charge < -0.3 is 0 Å². The van der Waals surface area contributed by atoms with E-state index in [4.69, 9.17) is 0 Å². The van der Waals surface area contributed by atoms with E-state index in [1.54, 1.807) is 0 Å². The van der Waals surface area contributed by atoms with Gasteiger partial charge in [-0.3, -0.25) is 0 Å². The van der Waals surface area contributed by atoms with E-state index in [1.807, 2.05) is 0 Å². The maximum absolute atomic E-state index is 2.47. The van der Waals surface area contributed by atoms with Crippen LogP contribution >= 0.6 is 0 Å². The molecule has 0 atom stereocenters. The molecule has 0 saturated carbocycles. The van der Waals surface area contributed by atoms with Crippen molar-refractivity contribution in [1.29, 1.82) is 0 Å². The zero-order valence-electron chi connectivity index (χ0n) is 12.2. The number of rotatable bonds is 3. The molecule has 0 aliphatic carbocycles. The minimum atomic E-state index is -2.45. The molecule has 1 heteroatoms. The molecule has 0 nitrogen and oxygen atoms in total. The molecule has 0 aliphatic rings. The van der Waals surface area contributed by atoms with Crippen molar-refractivity contribution in [3.8, 4) is 0 Å². The molecule has 3 aromatic carbocycles. The van der Waals surface area contributed by atoms with Gasteiger partial charge in [0.15, 0.2) is 0 Å². The molecule has 3 aromatic rings. The van der Waals surface area contributed by atoms with E-state index in [1.165, 1.54) is 13.1 Å². The molecule has 0 spiro atoms. The van der Waals surface area contributed by atoms with Crippen molar-refractivity contribution in [2.24, 2.45) is 0 Å². The van der Waals surface area contributed by atoms with E-state index in [0.717, 1.165) is 0 Å². The number of benzene rings is 3. The van der Waals surface area contributed by atoms with Gasteiger partial charge in [0.1, 0.15) is 0 Å². The quantitative estimate of drug-likeness (QED) is 0.646. The first kappa shape index (κ1) is 14.0. The second-order valence-electron chi connectivity index (χ2n) is 4.99. The Kier molecular flexibility index (Phi) is 4.17. The number of hydrogen-bond donors (Lipinski definition) is 0. The summed E-state index contributed by atoms with van der Waals surface area (Å²) in [5.74, 6) is 0. The molecule has 0 radical (unpaired) electrons. The first-order chi connectivity index (χ1) is 10.4. The molecular weight excluding hydrogens is 315 g/mol. The van der Waals surface area contributed by atoms with Crippen LogP contribution in [0, 0.1) is 0 Å². The molecule has 0 heterocycles. The molecule has 0 amide bonds. The van der Waals surface area contributed by atoms with Crippen LogP contribution < -0.4 is 13.1 Å². The molecule has 0 unspecified atom stereocenters. The van der Waals surface area contributed by atoms with Crippen LogP contribution in [0.25, 0.3) is 0 Å². The van der Waals surface area contributed by atoms with Crippen LogP contribution in [0.2, 0.25) is 0 Å². The fraction of sp³-hybridized carbons (Fsp3) is 0.0500. The first-order valence-corrected chi connectivity index (χ1v) is 11.1. The molecule has 104 valence electrons. The monoisotopic (exact) mass is 334 g/mol. The molecule has 0 fully saturated rings. The summed E-state index contributed by atoms with van der Waals surface area (Å²) in [4.78, 5) is 2.47. The van der Waals surface area contributed by atoms with Crippen LogP contribution in [0.1, 0.15) is 6.92 Å². The van der Waals surface area contributed by atoms with Gasteiger partial charge in [-0.1, -0.05) is 0 Å². The Morgan fingerprint density at radius 2 is 0.810 bits per heavy atom. The van der Waals surface area contributed by atoms with Gasteiger partial charge in [-0.15, -0.1) is 0 Å². The molecule has 0 aromatic heterocycles. The van der Waals surface area contributed by atoms with Crippen LogP contribution in [-0.2, 0) is 0 Å². The van der Waals surface area contributed by atoms with E-state index >= 15 is 0 Å². The molecule has 0 saturated heterocycles. The second-order valence-corrected chi connectivity index (χ2v) is 12.4. The normalized spacial score (nSPS) is 11.1. The SMILES string of the molecule is CC=[As](c1ccccc1)(c1ccccc1)c1ccccc1. The van der Waals surface area contributed by atoms with E-state index in [-0.39, 0.29) is 0 Å². The van der Waals surface area contributed by atoms with Crippen molar-refractivity contribution >= 4 is 31.0 Å². The van der Waals surface area contributed by atoms with Gasteiger partial charge in [0.25, 0.3) is 0 Å². The third kappa shape index (κ3) is 2.52. The zero-order valence-corrected chi connectivity index (χ0v) is 14.1. The summed E-state index contributed by atoms with van der Waals surface area (Å²) < 4.78 is 4.40. The molecule has 0 bridgehead atoms. The summed E-state index contributed by atoms with van der Waals surface area (Å²) in [5, 5.41) is 0. The van der Waals surface area contributed by atoms with Gasteiger partial charge in [-0.25, -0.2) is 0 Å². The topological polar surface area (TPSA) is 0 Å². The van der Waals surface area contributed by atoms with Crippen LogP contribution in [0.15, 0.2) is 91.0 Å². The molecule has 21 heavy (non-hydrogen) atoms. The van der Waals surface area contributed by atoms with E-state index in [2.05, 4.69) is 103 Å². The molecular formula is C20H19As. The fourth-order valence-corrected chi connectivity index (χ4v) is 10.7. The Hall–Kier alpha value is -1.91. The summed E-state index contributed by atoms with van der Waals surface area (Å²) in [6.07, 6.45) is 0.